The molecule has 0 amide bonds. The van der Waals surface area contributed by atoms with Crippen molar-refractivity contribution in [3.05, 3.63) is 26.9 Å². The first kappa shape index (κ1) is 14.9. The summed E-state index contributed by atoms with van der Waals surface area (Å²) in [6, 6.07) is 0. The Bertz CT molecular complexity index is 746. The van der Waals surface area contributed by atoms with E-state index in [-0.39, 0.29) is 14.9 Å². The lowest BCUT2D eigenvalue weighted by Crippen LogP contribution is -2.16. The summed E-state index contributed by atoms with van der Waals surface area (Å²) in [4.78, 5) is 15.7. The number of nitrogens with one attached hydrogen (secondary N) is 1. The number of carbonyl (C=O) groups excluding carboxylic acids is 1. The highest BCUT2D eigenvalue weighted by atomic mass is 32.2. The third-order valence-electron chi connectivity index (χ3n) is 2.40. The predicted molar refractivity (Wildman–Crippen MR) is 78.1 cm³/mol. The van der Waals surface area contributed by atoms with Gasteiger partial charge in [0.05, 0.1) is 12.8 Å². The number of rotatable bonds is 4. The molecule has 2 aromatic heterocycles. The number of methoxy groups -OCH3 is 1. The number of hydrogen-bond acceptors (Lipinski definition) is 7. The fraction of sp³-hybridized carbons (Fsp3) is 0.273. The van der Waals surface area contributed by atoms with Crippen molar-refractivity contribution in [2.24, 2.45) is 0 Å². The Morgan fingerprint density at radius 1 is 1.30 bits per heavy atom. The van der Waals surface area contributed by atoms with Gasteiger partial charge in [-0.2, -0.15) is 0 Å². The monoisotopic (exact) mass is 332 g/mol. The largest absolute Gasteiger partial charge is 0.465 e. The molecule has 0 saturated heterocycles. The first-order valence-corrected chi connectivity index (χ1v) is 8.70. The number of sulfonamides is 1. The van der Waals surface area contributed by atoms with Crippen molar-refractivity contribution in [2.75, 3.05) is 11.8 Å². The van der Waals surface area contributed by atoms with Gasteiger partial charge < -0.3 is 4.74 Å². The summed E-state index contributed by atoms with van der Waals surface area (Å²) in [6.07, 6.45) is 0. The van der Waals surface area contributed by atoms with E-state index in [1.165, 1.54) is 18.4 Å². The summed E-state index contributed by atoms with van der Waals surface area (Å²) in [7, 11) is -2.65. The van der Waals surface area contributed by atoms with E-state index in [9.17, 15) is 13.2 Å². The predicted octanol–water partition coefficient (Wildman–Crippen LogP) is 2.41. The minimum Gasteiger partial charge on any atom is -0.465 e. The number of aryl methyl sites for hydroxylation is 2. The van der Waals surface area contributed by atoms with Gasteiger partial charge in [-0.1, -0.05) is 0 Å². The van der Waals surface area contributed by atoms with E-state index >= 15 is 0 Å². The fourth-order valence-corrected chi connectivity index (χ4v) is 5.22. The van der Waals surface area contributed by atoms with Crippen LogP contribution in [0.2, 0.25) is 0 Å². The molecular weight excluding hydrogens is 320 g/mol. The van der Waals surface area contributed by atoms with Crippen LogP contribution in [0, 0.1) is 13.8 Å². The Morgan fingerprint density at radius 3 is 2.55 bits per heavy atom. The van der Waals surface area contributed by atoms with Crippen molar-refractivity contribution < 1.29 is 17.9 Å². The molecule has 2 heterocycles. The number of carbonyl (C=O) groups is 1. The number of aromatic nitrogens is 1. The molecule has 6 nitrogen and oxygen atoms in total. The zero-order valence-electron chi connectivity index (χ0n) is 11.0. The van der Waals surface area contributed by atoms with Gasteiger partial charge in [-0.25, -0.2) is 18.2 Å². The second kappa shape index (κ2) is 5.51. The average molecular weight is 332 g/mol. The van der Waals surface area contributed by atoms with Gasteiger partial charge in [-0.3, -0.25) is 4.72 Å². The topological polar surface area (TPSA) is 85.4 Å². The molecule has 1 N–H and O–H groups in total. The SMILES string of the molecule is COC(=O)c1scc(C)c1S(=O)(=O)Nc1nc(C)cs1. The molecule has 108 valence electrons. The molecule has 0 fully saturated rings. The van der Waals surface area contributed by atoms with Gasteiger partial charge in [0, 0.05) is 5.38 Å². The minimum atomic E-state index is -3.87. The van der Waals surface area contributed by atoms with Crippen LogP contribution in [-0.4, -0.2) is 26.5 Å². The van der Waals surface area contributed by atoms with E-state index in [4.69, 9.17) is 0 Å². The van der Waals surface area contributed by atoms with Crippen LogP contribution < -0.4 is 4.72 Å². The van der Waals surface area contributed by atoms with E-state index in [2.05, 4.69) is 14.4 Å². The van der Waals surface area contributed by atoms with E-state index < -0.39 is 16.0 Å². The Kier molecular flexibility index (Phi) is 4.11. The molecule has 20 heavy (non-hydrogen) atoms. The summed E-state index contributed by atoms with van der Waals surface area (Å²) in [5.74, 6) is -0.668. The van der Waals surface area contributed by atoms with Crippen LogP contribution in [0.5, 0.6) is 0 Å². The van der Waals surface area contributed by atoms with Crippen molar-refractivity contribution in [1.82, 2.24) is 4.98 Å². The van der Waals surface area contributed by atoms with Crippen molar-refractivity contribution in [3.63, 3.8) is 0 Å². The number of thiazole rings is 1. The lowest BCUT2D eigenvalue weighted by Gasteiger charge is -2.07. The van der Waals surface area contributed by atoms with Crippen LogP contribution in [0.1, 0.15) is 20.9 Å². The number of esters is 1. The molecule has 0 spiro atoms. The molecule has 0 aliphatic rings. The van der Waals surface area contributed by atoms with E-state index in [0.717, 1.165) is 17.0 Å². The lowest BCUT2D eigenvalue weighted by atomic mass is 10.3. The van der Waals surface area contributed by atoms with Gasteiger partial charge in [0.1, 0.15) is 9.77 Å². The van der Waals surface area contributed by atoms with Crippen LogP contribution in [0.3, 0.4) is 0 Å². The highest BCUT2D eigenvalue weighted by molar-refractivity contribution is 7.93. The standard InChI is InChI=1S/C11H12N2O4S3/c1-6-4-18-8(10(14)17-3)9(6)20(15,16)13-11-12-7(2)5-19-11/h4-5H,1-3H3,(H,12,13). The summed E-state index contributed by atoms with van der Waals surface area (Å²) >= 11 is 2.23. The van der Waals surface area contributed by atoms with Crippen LogP contribution >= 0.6 is 22.7 Å². The van der Waals surface area contributed by atoms with Gasteiger partial charge in [-0.15, -0.1) is 22.7 Å². The highest BCUT2D eigenvalue weighted by Crippen LogP contribution is 2.29. The van der Waals surface area contributed by atoms with Crippen LogP contribution in [0.15, 0.2) is 15.7 Å². The zero-order chi connectivity index (χ0) is 14.9. The molecule has 2 aromatic rings. The molecule has 9 heteroatoms. The second-order valence-electron chi connectivity index (χ2n) is 3.97. The van der Waals surface area contributed by atoms with Gasteiger partial charge in [0.2, 0.25) is 0 Å². The molecule has 0 aliphatic carbocycles. The summed E-state index contributed by atoms with van der Waals surface area (Å²) < 4.78 is 31.8. The maximum Gasteiger partial charge on any atom is 0.349 e. The zero-order valence-corrected chi connectivity index (χ0v) is 13.4. The highest BCUT2D eigenvalue weighted by Gasteiger charge is 2.28. The number of ether oxygens (including phenoxy) is 1. The minimum absolute atomic E-state index is 0.0535. The van der Waals surface area contributed by atoms with Gasteiger partial charge in [0.15, 0.2) is 5.13 Å². The fourth-order valence-electron chi connectivity index (χ4n) is 1.57. The third kappa shape index (κ3) is 2.84. The number of hydrogen-bond donors (Lipinski definition) is 1. The van der Waals surface area contributed by atoms with Crippen LogP contribution in [-0.2, 0) is 14.8 Å². The number of anilines is 1. The smallest absolute Gasteiger partial charge is 0.349 e. The molecule has 2 rings (SSSR count). The van der Waals surface area contributed by atoms with Crippen molar-refractivity contribution in [2.45, 2.75) is 18.7 Å². The van der Waals surface area contributed by atoms with Crippen LogP contribution in [0.25, 0.3) is 0 Å². The number of thiophene rings is 1. The van der Waals surface area contributed by atoms with Crippen molar-refractivity contribution in [1.29, 1.82) is 0 Å². The third-order valence-corrected chi connectivity index (χ3v) is 6.14. The van der Waals surface area contributed by atoms with Gasteiger partial charge in [-0.05, 0) is 24.8 Å². The Balaban J connectivity index is 2.44. The molecular formula is C11H12N2O4S3. The van der Waals surface area contributed by atoms with Gasteiger partial charge >= 0.3 is 5.97 Å². The first-order valence-electron chi connectivity index (χ1n) is 5.46. The Labute approximate surface area is 124 Å². The molecule has 0 aromatic carbocycles. The lowest BCUT2D eigenvalue weighted by molar-refractivity contribution is 0.0602. The molecule has 0 radical (unpaired) electrons. The summed E-state index contributed by atoms with van der Waals surface area (Å²) in [5, 5.41) is 3.61. The summed E-state index contributed by atoms with van der Waals surface area (Å²) in [5.41, 5.74) is 1.22. The molecule has 0 atom stereocenters. The van der Waals surface area contributed by atoms with E-state index in [0.29, 0.717) is 5.56 Å². The normalized spacial score (nSPS) is 11.3. The quantitative estimate of drug-likeness (QED) is 0.869. The molecule has 0 saturated carbocycles. The van der Waals surface area contributed by atoms with Crippen LogP contribution in [0.4, 0.5) is 5.13 Å². The maximum atomic E-state index is 12.4. The molecule has 0 bridgehead atoms. The van der Waals surface area contributed by atoms with Crippen molar-refractivity contribution >= 4 is 43.8 Å². The van der Waals surface area contributed by atoms with E-state index in [1.54, 1.807) is 24.6 Å². The summed E-state index contributed by atoms with van der Waals surface area (Å²) in [6.45, 7) is 3.40. The second-order valence-corrected chi connectivity index (χ2v) is 7.33. The van der Waals surface area contributed by atoms with Crippen molar-refractivity contribution in [3.8, 4) is 0 Å². The molecule has 0 unspecified atom stereocenters. The van der Waals surface area contributed by atoms with Gasteiger partial charge in [0.25, 0.3) is 10.0 Å². The average Bonchev–Trinajstić information content (AvgIpc) is 2.94. The van der Waals surface area contributed by atoms with E-state index in [1.807, 2.05) is 0 Å². The Morgan fingerprint density at radius 2 is 2.00 bits per heavy atom. The Hall–Kier alpha value is -1.45. The maximum absolute atomic E-state index is 12.4. The number of nitrogens with zero attached hydrogens (tertiary/aromatic N) is 1. The molecule has 0 aliphatic heterocycles. The first-order chi connectivity index (χ1) is 9.35.